The maximum absolute atomic E-state index is 12.4. The van der Waals surface area contributed by atoms with Gasteiger partial charge in [-0.05, 0) is 37.1 Å². The Bertz CT molecular complexity index is 1100. The summed E-state index contributed by atoms with van der Waals surface area (Å²) in [6.45, 7) is 4.58. The Kier molecular flexibility index (Phi) is 11.4. The number of amides is 1. The predicted molar refractivity (Wildman–Crippen MR) is 147 cm³/mol. The van der Waals surface area contributed by atoms with Gasteiger partial charge < -0.3 is 5.32 Å². The number of thioether (sulfide) groups is 1. The van der Waals surface area contributed by atoms with E-state index in [1.165, 1.54) is 43.2 Å². The van der Waals surface area contributed by atoms with Crippen molar-refractivity contribution >= 4 is 40.9 Å². The van der Waals surface area contributed by atoms with E-state index in [0.29, 0.717) is 27.4 Å². The van der Waals surface area contributed by atoms with Gasteiger partial charge in [-0.3, -0.25) is 9.36 Å². The Morgan fingerprint density at radius 3 is 2.51 bits per heavy atom. The molecule has 0 spiro atoms. The third-order valence-electron chi connectivity index (χ3n) is 5.75. The van der Waals surface area contributed by atoms with Gasteiger partial charge >= 0.3 is 0 Å². The highest BCUT2D eigenvalue weighted by Gasteiger charge is 2.18. The topological polar surface area (TPSA) is 59.8 Å². The fourth-order valence-electron chi connectivity index (χ4n) is 3.87. The molecule has 1 N–H and O–H groups in total. The molecule has 35 heavy (non-hydrogen) atoms. The number of carbonyl (C=O) groups excluding carboxylic acids is 1. The minimum atomic E-state index is 0.0317. The highest BCUT2D eigenvalue weighted by Crippen LogP contribution is 2.30. The van der Waals surface area contributed by atoms with Crippen LogP contribution in [0.15, 0.2) is 47.6 Å². The van der Waals surface area contributed by atoms with Crippen LogP contribution in [-0.2, 0) is 17.1 Å². The second kappa shape index (κ2) is 14.5. The summed E-state index contributed by atoms with van der Waals surface area (Å²) in [5.41, 5.74) is 3.16. The molecule has 3 aromatic rings. The summed E-state index contributed by atoms with van der Waals surface area (Å²) in [5, 5.41) is 13.6. The van der Waals surface area contributed by atoms with Crippen LogP contribution in [0.1, 0.15) is 75.2 Å². The summed E-state index contributed by atoms with van der Waals surface area (Å²) in [6, 6.07) is 13.7. The van der Waals surface area contributed by atoms with Crippen molar-refractivity contribution in [2.24, 2.45) is 0 Å². The number of carbonyl (C=O) groups is 1. The van der Waals surface area contributed by atoms with E-state index in [1.807, 2.05) is 10.6 Å². The van der Waals surface area contributed by atoms with E-state index < -0.39 is 0 Å². The van der Waals surface area contributed by atoms with Gasteiger partial charge in [0.25, 0.3) is 0 Å². The van der Waals surface area contributed by atoms with Crippen molar-refractivity contribution in [1.29, 1.82) is 0 Å². The van der Waals surface area contributed by atoms with Gasteiger partial charge in [-0.15, -0.1) is 10.2 Å². The smallest absolute Gasteiger partial charge is 0.220 e. The maximum Gasteiger partial charge on any atom is 0.220 e. The molecule has 188 valence electrons. The van der Waals surface area contributed by atoms with Crippen molar-refractivity contribution in [2.75, 3.05) is 0 Å². The Hall–Kier alpha value is -2.02. The zero-order chi connectivity index (χ0) is 25.0. The van der Waals surface area contributed by atoms with Crippen LogP contribution in [0.5, 0.6) is 0 Å². The molecule has 0 fully saturated rings. The van der Waals surface area contributed by atoms with Gasteiger partial charge in [0.15, 0.2) is 11.0 Å². The van der Waals surface area contributed by atoms with Crippen molar-refractivity contribution in [3.05, 3.63) is 69.5 Å². The molecule has 0 atom stereocenters. The number of unbranched alkanes of at least 4 members (excludes halogenated alkanes) is 6. The summed E-state index contributed by atoms with van der Waals surface area (Å²) < 4.78 is 1.91. The molecule has 5 nitrogen and oxygen atoms in total. The minimum Gasteiger partial charge on any atom is -0.349 e. The summed E-state index contributed by atoms with van der Waals surface area (Å²) in [4.78, 5) is 12.4. The SMILES string of the molecule is CCCCCCCCCC(=O)NCc1nnc(SCc2cccc(C)c2)n1-c1ccc(Cl)cc1Cl. The predicted octanol–water partition coefficient (Wildman–Crippen LogP) is 7.93. The first-order chi connectivity index (χ1) is 17.0. The molecule has 3 rings (SSSR count). The van der Waals surface area contributed by atoms with Crippen molar-refractivity contribution in [3.63, 3.8) is 0 Å². The van der Waals surface area contributed by atoms with E-state index in [4.69, 9.17) is 23.2 Å². The molecular formula is C27H34Cl2N4OS. The van der Waals surface area contributed by atoms with Crippen molar-refractivity contribution in [1.82, 2.24) is 20.1 Å². The zero-order valence-corrected chi connectivity index (χ0v) is 22.9. The number of nitrogens with zero attached hydrogens (tertiary/aromatic N) is 3. The van der Waals surface area contributed by atoms with Crippen LogP contribution >= 0.6 is 35.0 Å². The Morgan fingerprint density at radius 1 is 1.00 bits per heavy atom. The van der Waals surface area contributed by atoms with E-state index in [2.05, 4.69) is 53.6 Å². The first-order valence-electron chi connectivity index (χ1n) is 12.3. The lowest BCUT2D eigenvalue weighted by Gasteiger charge is -2.13. The molecule has 1 heterocycles. The lowest BCUT2D eigenvalue weighted by molar-refractivity contribution is -0.121. The van der Waals surface area contributed by atoms with E-state index in [1.54, 1.807) is 23.9 Å². The van der Waals surface area contributed by atoms with E-state index in [-0.39, 0.29) is 12.5 Å². The molecule has 0 unspecified atom stereocenters. The largest absolute Gasteiger partial charge is 0.349 e. The molecule has 0 aliphatic rings. The van der Waals surface area contributed by atoms with Gasteiger partial charge in [0.2, 0.25) is 5.91 Å². The quantitative estimate of drug-likeness (QED) is 0.169. The number of halogens is 2. The normalized spacial score (nSPS) is 11.1. The van der Waals surface area contributed by atoms with Crippen molar-refractivity contribution < 1.29 is 4.79 Å². The van der Waals surface area contributed by atoms with Crippen LogP contribution in [-0.4, -0.2) is 20.7 Å². The number of benzene rings is 2. The number of aryl methyl sites for hydroxylation is 1. The van der Waals surface area contributed by atoms with E-state index in [0.717, 1.165) is 24.3 Å². The summed E-state index contributed by atoms with van der Waals surface area (Å²) >= 11 is 14.2. The van der Waals surface area contributed by atoms with Crippen LogP contribution < -0.4 is 5.32 Å². The lowest BCUT2D eigenvalue weighted by Crippen LogP contribution is -2.24. The second-order valence-electron chi connectivity index (χ2n) is 8.76. The van der Waals surface area contributed by atoms with Gasteiger partial charge in [-0.25, -0.2) is 0 Å². The molecule has 1 amide bonds. The van der Waals surface area contributed by atoms with Crippen LogP contribution in [0, 0.1) is 6.92 Å². The lowest BCUT2D eigenvalue weighted by atomic mass is 10.1. The van der Waals surface area contributed by atoms with Crippen LogP contribution in [0.3, 0.4) is 0 Å². The van der Waals surface area contributed by atoms with Crippen molar-refractivity contribution in [2.45, 2.75) is 82.7 Å². The number of nitrogens with one attached hydrogen (secondary N) is 1. The van der Waals surface area contributed by atoms with Gasteiger partial charge in [0.05, 0.1) is 17.3 Å². The molecule has 8 heteroatoms. The zero-order valence-electron chi connectivity index (χ0n) is 20.5. The van der Waals surface area contributed by atoms with Crippen molar-refractivity contribution in [3.8, 4) is 5.69 Å². The average Bonchev–Trinajstić information content (AvgIpc) is 3.23. The maximum atomic E-state index is 12.4. The Balaban J connectivity index is 1.65. The summed E-state index contributed by atoms with van der Waals surface area (Å²) in [7, 11) is 0. The number of rotatable bonds is 14. The fraction of sp³-hybridized carbons (Fsp3) is 0.444. The van der Waals surface area contributed by atoms with Gasteiger partial charge in [0.1, 0.15) is 0 Å². The molecule has 0 aliphatic carbocycles. The average molecular weight is 534 g/mol. The second-order valence-corrected chi connectivity index (χ2v) is 10.5. The molecule has 0 saturated heterocycles. The molecule has 0 saturated carbocycles. The molecule has 1 aromatic heterocycles. The fourth-order valence-corrected chi connectivity index (χ4v) is 5.27. The highest BCUT2D eigenvalue weighted by atomic mass is 35.5. The molecule has 0 bridgehead atoms. The van der Waals surface area contributed by atoms with E-state index in [9.17, 15) is 4.79 Å². The first kappa shape index (κ1) is 27.6. The molecule has 0 radical (unpaired) electrons. The number of hydrogen-bond acceptors (Lipinski definition) is 4. The molecule has 0 aliphatic heterocycles. The third kappa shape index (κ3) is 8.85. The third-order valence-corrected chi connectivity index (χ3v) is 7.29. The van der Waals surface area contributed by atoms with Crippen LogP contribution in [0.4, 0.5) is 0 Å². The molecule has 2 aromatic carbocycles. The van der Waals surface area contributed by atoms with Gasteiger partial charge in [0, 0.05) is 17.2 Å². The van der Waals surface area contributed by atoms with E-state index >= 15 is 0 Å². The number of hydrogen-bond donors (Lipinski definition) is 1. The minimum absolute atomic E-state index is 0.0317. The van der Waals surface area contributed by atoms with Gasteiger partial charge in [-0.2, -0.15) is 0 Å². The summed E-state index contributed by atoms with van der Waals surface area (Å²) in [6.07, 6.45) is 8.80. The monoisotopic (exact) mass is 532 g/mol. The summed E-state index contributed by atoms with van der Waals surface area (Å²) in [5.74, 6) is 1.41. The van der Waals surface area contributed by atoms with Gasteiger partial charge in [-0.1, -0.05) is 110 Å². The number of aromatic nitrogens is 3. The first-order valence-corrected chi connectivity index (χ1v) is 14.1. The Labute approximate surface area is 223 Å². The van der Waals surface area contributed by atoms with Crippen LogP contribution in [0.25, 0.3) is 5.69 Å². The van der Waals surface area contributed by atoms with Crippen LogP contribution in [0.2, 0.25) is 10.0 Å². The Morgan fingerprint density at radius 2 is 1.77 bits per heavy atom. The molecular weight excluding hydrogens is 499 g/mol. The highest BCUT2D eigenvalue weighted by molar-refractivity contribution is 7.98. The standard InChI is InChI=1S/C27H34Cl2N4OS/c1-3-4-5-6-7-8-9-13-26(34)30-18-25-31-32-27(35-19-21-12-10-11-20(2)16-21)33(25)24-15-14-22(28)17-23(24)29/h10-12,14-17H,3-9,13,18-19H2,1-2H3,(H,30,34).